The number of nitrogens with one attached hydrogen (secondary N) is 2. The van der Waals surface area contributed by atoms with Gasteiger partial charge in [-0.3, -0.25) is 9.59 Å². The predicted molar refractivity (Wildman–Crippen MR) is 111 cm³/mol. The SMILES string of the molecule is CC(Oc1ccc(Cl)cc1)C(=O)Nc1cccc(NC(=O)c2ccccc2)c1. The lowest BCUT2D eigenvalue weighted by atomic mass is 10.2. The molecule has 0 bridgehead atoms. The van der Waals surface area contributed by atoms with E-state index in [-0.39, 0.29) is 11.8 Å². The first-order valence-electron chi connectivity index (χ1n) is 8.71. The number of amides is 2. The Bertz CT molecular complexity index is 959. The predicted octanol–water partition coefficient (Wildman–Crippen LogP) is 5.00. The Balaban J connectivity index is 1.61. The normalized spacial score (nSPS) is 11.4. The van der Waals surface area contributed by atoms with E-state index in [1.165, 1.54) is 0 Å². The maximum Gasteiger partial charge on any atom is 0.265 e. The van der Waals surface area contributed by atoms with Crippen molar-refractivity contribution < 1.29 is 14.3 Å². The van der Waals surface area contributed by atoms with Gasteiger partial charge in [0.1, 0.15) is 5.75 Å². The van der Waals surface area contributed by atoms with Gasteiger partial charge in [-0.25, -0.2) is 0 Å². The number of hydrogen-bond donors (Lipinski definition) is 2. The molecule has 0 aliphatic heterocycles. The number of halogens is 1. The van der Waals surface area contributed by atoms with Crippen LogP contribution < -0.4 is 15.4 Å². The van der Waals surface area contributed by atoms with Crippen LogP contribution in [0.25, 0.3) is 0 Å². The molecule has 0 aliphatic rings. The third-order valence-corrected chi connectivity index (χ3v) is 4.17. The number of ether oxygens (including phenoxy) is 1. The molecule has 2 amide bonds. The lowest BCUT2D eigenvalue weighted by Crippen LogP contribution is -2.30. The largest absolute Gasteiger partial charge is 0.481 e. The number of benzene rings is 3. The molecular formula is C22H19ClN2O3. The highest BCUT2D eigenvalue weighted by atomic mass is 35.5. The summed E-state index contributed by atoms with van der Waals surface area (Å²) in [5.41, 5.74) is 1.70. The molecule has 0 saturated heterocycles. The van der Waals surface area contributed by atoms with Gasteiger partial charge in [-0.15, -0.1) is 0 Å². The number of anilines is 2. The van der Waals surface area contributed by atoms with Gasteiger partial charge in [0.25, 0.3) is 11.8 Å². The van der Waals surface area contributed by atoms with E-state index in [1.807, 2.05) is 6.07 Å². The summed E-state index contributed by atoms with van der Waals surface area (Å²) in [5.74, 6) is 0.0286. The van der Waals surface area contributed by atoms with E-state index in [9.17, 15) is 9.59 Å². The van der Waals surface area contributed by atoms with Gasteiger partial charge in [-0.1, -0.05) is 35.9 Å². The van der Waals surface area contributed by atoms with Crippen molar-refractivity contribution in [2.24, 2.45) is 0 Å². The number of carbonyl (C=O) groups excluding carboxylic acids is 2. The van der Waals surface area contributed by atoms with Crippen molar-refractivity contribution in [1.82, 2.24) is 0 Å². The van der Waals surface area contributed by atoms with Gasteiger partial charge in [0, 0.05) is 22.0 Å². The lowest BCUT2D eigenvalue weighted by molar-refractivity contribution is -0.122. The Morgan fingerprint density at radius 2 is 1.50 bits per heavy atom. The average molecular weight is 395 g/mol. The molecule has 28 heavy (non-hydrogen) atoms. The van der Waals surface area contributed by atoms with Crippen LogP contribution in [0.2, 0.25) is 5.02 Å². The zero-order chi connectivity index (χ0) is 19.9. The Labute approximate surface area is 168 Å². The molecule has 0 fully saturated rings. The summed E-state index contributed by atoms with van der Waals surface area (Å²) in [6.07, 6.45) is -0.705. The fourth-order valence-corrected chi connectivity index (χ4v) is 2.61. The Hall–Kier alpha value is -3.31. The van der Waals surface area contributed by atoms with Crippen LogP contribution in [0, 0.1) is 0 Å². The summed E-state index contributed by atoms with van der Waals surface area (Å²) >= 11 is 5.84. The molecule has 0 aliphatic carbocycles. The van der Waals surface area contributed by atoms with Crippen LogP contribution in [0.15, 0.2) is 78.9 Å². The van der Waals surface area contributed by atoms with Crippen LogP contribution in [0.3, 0.4) is 0 Å². The second kappa shape index (κ2) is 9.06. The first-order valence-corrected chi connectivity index (χ1v) is 9.08. The molecule has 0 heterocycles. The molecule has 5 nitrogen and oxygen atoms in total. The van der Waals surface area contributed by atoms with Crippen molar-refractivity contribution in [1.29, 1.82) is 0 Å². The molecule has 3 rings (SSSR count). The molecule has 0 radical (unpaired) electrons. The zero-order valence-corrected chi connectivity index (χ0v) is 15.9. The summed E-state index contributed by atoms with van der Waals surface area (Å²) in [7, 11) is 0. The van der Waals surface area contributed by atoms with Crippen LogP contribution in [0.5, 0.6) is 5.75 Å². The van der Waals surface area contributed by atoms with Crippen LogP contribution in [0.1, 0.15) is 17.3 Å². The summed E-state index contributed by atoms with van der Waals surface area (Å²) in [4.78, 5) is 24.6. The molecule has 6 heteroatoms. The maximum absolute atomic E-state index is 12.4. The van der Waals surface area contributed by atoms with Gasteiger partial charge in [-0.2, -0.15) is 0 Å². The Kier molecular flexibility index (Phi) is 6.29. The van der Waals surface area contributed by atoms with E-state index in [0.717, 1.165) is 0 Å². The Morgan fingerprint density at radius 1 is 0.857 bits per heavy atom. The first-order chi connectivity index (χ1) is 13.5. The topological polar surface area (TPSA) is 67.4 Å². The number of carbonyl (C=O) groups is 2. The molecule has 0 aromatic heterocycles. The molecule has 0 spiro atoms. The van der Waals surface area contributed by atoms with Gasteiger partial charge in [0.2, 0.25) is 0 Å². The van der Waals surface area contributed by atoms with Crippen molar-refractivity contribution in [2.75, 3.05) is 10.6 Å². The van der Waals surface area contributed by atoms with E-state index in [1.54, 1.807) is 79.7 Å². The minimum atomic E-state index is -0.705. The summed E-state index contributed by atoms with van der Waals surface area (Å²) in [6, 6.07) is 22.6. The minimum absolute atomic E-state index is 0.219. The molecule has 142 valence electrons. The molecule has 0 saturated carbocycles. The van der Waals surface area contributed by atoms with E-state index >= 15 is 0 Å². The highest BCUT2D eigenvalue weighted by molar-refractivity contribution is 6.30. The fourth-order valence-electron chi connectivity index (χ4n) is 2.48. The van der Waals surface area contributed by atoms with Crippen molar-refractivity contribution in [2.45, 2.75) is 13.0 Å². The van der Waals surface area contributed by atoms with Gasteiger partial charge in [0.05, 0.1) is 0 Å². The van der Waals surface area contributed by atoms with Gasteiger partial charge in [-0.05, 0) is 61.5 Å². The second-order valence-electron chi connectivity index (χ2n) is 6.10. The molecule has 3 aromatic carbocycles. The van der Waals surface area contributed by atoms with E-state index in [2.05, 4.69) is 10.6 Å². The highest BCUT2D eigenvalue weighted by Gasteiger charge is 2.15. The van der Waals surface area contributed by atoms with Crippen molar-refractivity contribution in [3.05, 3.63) is 89.4 Å². The molecular weight excluding hydrogens is 376 g/mol. The molecule has 1 unspecified atom stereocenters. The highest BCUT2D eigenvalue weighted by Crippen LogP contribution is 2.19. The monoisotopic (exact) mass is 394 g/mol. The van der Waals surface area contributed by atoms with Crippen molar-refractivity contribution in [3.8, 4) is 5.75 Å². The average Bonchev–Trinajstić information content (AvgIpc) is 2.70. The summed E-state index contributed by atoms with van der Waals surface area (Å²) < 4.78 is 5.62. The molecule has 2 N–H and O–H groups in total. The van der Waals surface area contributed by atoms with Gasteiger partial charge in [0.15, 0.2) is 6.10 Å². The van der Waals surface area contributed by atoms with Gasteiger partial charge >= 0.3 is 0 Å². The van der Waals surface area contributed by atoms with Crippen molar-refractivity contribution in [3.63, 3.8) is 0 Å². The first kappa shape index (κ1) is 19.5. The zero-order valence-electron chi connectivity index (χ0n) is 15.2. The minimum Gasteiger partial charge on any atom is -0.481 e. The van der Waals surface area contributed by atoms with Gasteiger partial charge < -0.3 is 15.4 Å². The van der Waals surface area contributed by atoms with Crippen LogP contribution in [0.4, 0.5) is 11.4 Å². The third kappa shape index (κ3) is 5.34. The number of hydrogen-bond acceptors (Lipinski definition) is 3. The second-order valence-corrected chi connectivity index (χ2v) is 6.54. The maximum atomic E-state index is 12.4. The van der Waals surface area contributed by atoms with Crippen LogP contribution >= 0.6 is 11.6 Å². The molecule has 3 aromatic rings. The Morgan fingerprint density at radius 3 is 2.18 bits per heavy atom. The third-order valence-electron chi connectivity index (χ3n) is 3.92. The summed E-state index contributed by atoms with van der Waals surface area (Å²) in [5, 5.41) is 6.19. The molecule has 1 atom stereocenters. The fraction of sp³-hybridized carbons (Fsp3) is 0.0909. The van der Waals surface area contributed by atoms with Crippen LogP contribution in [-0.4, -0.2) is 17.9 Å². The number of rotatable bonds is 6. The van der Waals surface area contributed by atoms with E-state index < -0.39 is 6.10 Å². The lowest BCUT2D eigenvalue weighted by Gasteiger charge is -2.15. The smallest absolute Gasteiger partial charge is 0.265 e. The van der Waals surface area contributed by atoms with Crippen LogP contribution in [-0.2, 0) is 4.79 Å². The quantitative estimate of drug-likeness (QED) is 0.618. The van der Waals surface area contributed by atoms with E-state index in [0.29, 0.717) is 27.7 Å². The summed E-state index contributed by atoms with van der Waals surface area (Å²) in [6.45, 7) is 1.66. The van der Waals surface area contributed by atoms with Crippen molar-refractivity contribution >= 4 is 34.8 Å². The van der Waals surface area contributed by atoms with E-state index in [4.69, 9.17) is 16.3 Å². The standard InChI is InChI=1S/C22H19ClN2O3/c1-15(28-20-12-10-17(23)11-13-20)21(26)24-18-8-5-9-19(14-18)25-22(27)16-6-3-2-4-7-16/h2-15H,1H3,(H,24,26)(H,25,27).